The number of aliphatic hydroxyl groups excluding tert-OH is 1. The second-order valence-electron chi connectivity index (χ2n) is 21.5. The van der Waals surface area contributed by atoms with Gasteiger partial charge in [-0.25, -0.2) is 9.59 Å². The highest BCUT2D eigenvalue weighted by Gasteiger charge is 2.58. The standard InChI is InChI=1S/C50H84O13Si2/c1-17-65(18-2,19-3)63-39-28-38-30-42(51)49(10,11)50(57-14,61-38)32-40-24-34(26-44(52)55-12)22-36(58-40)20-21-48(8,9)43-25-35(27-45(53)56-13)23-37(59-43)29-41(60-46(54)31-39)33(4)62-64(15,16)47(5,6)7/h20-21,25-27,33,36-42,51H,17-19,22-24,28-32H2,1-16H3/b21-20+,34-26+,35-27+/t33-,36+,37+,38-,39-,40+,41-,42+,50+/m1/s1. The van der Waals surface area contributed by atoms with Crippen LogP contribution in [0.25, 0.3) is 0 Å². The van der Waals surface area contributed by atoms with Gasteiger partial charge in [0.1, 0.15) is 18.0 Å². The Labute approximate surface area is 392 Å². The van der Waals surface area contributed by atoms with Crippen LogP contribution in [0.5, 0.6) is 0 Å². The zero-order valence-electron chi connectivity index (χ0n) is 42.6. The molecular weight excluding hydrogens is 865 g/mol. The summed E-state index contributed by atoms with van der Waals surface area (Å²) >= 11 is 0. The monoisotopic (exact) mass is 949 g/mol. The Morgan fingerprint density at radius 3 is 2.09 bits per heavy atom. The van der Waals surface area contributed by atoms with Crippen molar-refractivity contribution in [3.63, 3.8) is 0 Å². The first-order valence-corrected chi connectivity index (χ1v) is 29.4. The van der Waals surface area contributed by atoms with Gasteiger partial charge in [-0.15, -0.1) is 0 Å². The van der Waals surface area contributed by atoms with Gasteiger partial charge >= 0.3 is 17.9 Å². The summed E-state index contributed by atoms with van der Waals surface area (Å²) in [6, 6.07) is 2.62. The lowest BCUT2D eigenvalue weighted by atomic mass is 9.70. The molecule has 4 heterocycles. The van der Waals surface area contributed by atoms with Crippen LogP contribution in [0.2, 0.25) is 36.3 Å². The van der Waals surface area contributed by atoms with Gasteiger partial charge in [0.2, 0.25) is 0 Å². The van der Waals surface area contributed by atoms with Crippen LogP contribution in [0, 0.1) is 10.8 Å². The molecule has 0 aromatic heterocycles. The van der Waals surface area contributed by atoms with Crippen LogP contribution in [0.4, 0.5) is 0 Å². The van der Waals surface area contributed by atoms with Crippen LogP contribution in [-0.4, -0.2) is 116 Å². The topological polar surface area (TPSA) is 155 Å². The molecule has 65 heavy (non-hydrogen) atoms. The van der Waals surface area contributed by atoms with Gasteiger partial charge in [0, 0.05) is 55.8 Å². The number of esters is 3. The van der Waals surface area contributed by atoms with Gasteiger partial charge in [0.25, 0.3) is 0 Å². The fraction of sp³-hybridized carbons (Fsp3) is 0.780. The molecule has 0 unspecified atom stereocenters. The van der Waals surface area contributed by atoms with Crippen molar-refractivity contribution in [2.75, 3.05) is 21.3 Å². The minimum Gasteiger partial charge on any atom is -0.493 e. The normalized spacial score (nSPS) is 32.6. The second-order valence-corrected chi connectivity index (χ2v) is 30.9. The van der Waals surface area contributed by atoms with E-state index in [1.54, 1.807) is 7.11 Å². The number of cyclic esters (lactones) is 1. The first-order valence-electron chi connectivity index (χ1n) is 24.0. The average Bonchev–Trinajstić information content (AvgIpc) is 3.22. The van der Waals surface area contributed by atoms with Crippen molar-refractivity contribution >= 4 is 34.5 Å². The maximum absolute atomic E-state index is 14.6. The molecule has 6 bridgehead atoms. The number of rotatable bonds is 11. The zero-order chi connectivity index (χ0) is 48.8. The molecule has 0 aromatic carbocycles. The molecule has 4 aliphatic heterocycles. The molecule has 0 saturated carbocycles. The van der Waals surface area contributed by atoms with Crippen LogP contribution in [-0.2, 0) is 56.4 Å². The van der Waals surface area contributed by atoms with Gasteiger partial charge in [-0.1, -0.05) is 73.1 Å². The van der Waals surface area contributed by atoms with Crippen molar-refractivity contribution in [3.05, 3.63) is 47.3 Å². The molecule has 2 fully saturated rings. The number of ether oxygens (including phenoxy) is 7. The van der Waals surface area contributed by atoms with Gasteiger partial charge in [-0.05, 0) is 87.9 Å². The van der Waals surface area contributed by atoms with E-state index in [9.17, 15) is 19.5 Å². The van der Waals surface area contributed by atoms with Crippen LogP contribution in [0.1, 0.15) is 128 Å². The zero-order valence-corrected chi connectivity index (χ0v) is 44.6. The van der Waals surface area contributed by atoms with Crippen LogP contribution in [0.15, 0.2) is 47.3 Å². The lowest BCUT2D eigenvalue weighted by Crippen LogP contribution is -2.62. The number of aliphatic hydroxyl groups is 1. The quantitative estimate of drug-likeness (QED) is 0.0688. The second kappa shape index (κ2) is 22.2. The molecule has 4 aliphatic rings. The first-order chi connectivity index (χ1) is 30.2. The number of carbonyl (C=O) groups is 3. The summed E-state index contributed by atoms with van der Waals surface area (Å²) in [6.45, 7) is 27.3. The minimum absolute atomic E-state index is 0.0332. The molecule has 0 aromatic rings. The molecule has 0 radical (unpaired) electrons. The first kappa shape index (κ1) is 55.0. The number of carbonyl (C=O) groups excluding carboxylic acids is 3. The van der Waals surface area contributed by atoms with Gasteiger partial charge in [0.15, 0.2) is 22.4 Å². The third kappa shape index (κ3) is 13.8. The van der Waals surface area contributed by atoms with E-state index < -0.39 is 100.0 Å². The van der Waals surface area contributed by atoms with E-state index in [1.165, 1.54) is 26.4 Å². The molecule has 9 atom stereocenters. The highest BCUT2D eigenvalue weighted by atomic mass is 28.4. The fourth-order valence-electron chi connectivity index (χ4n) is 9.46. The van der Waals surface area contributed by atoms with Crippen molar-refractivity contribution in [2.45, 2.75) is 218 Å². The van der Waals surface area contributed by atoms with Crippen molar-refractivity contribution < 1.29 is 61.5 Å². The van der Waals surface area contributed by atoms with Crippen molar-refractivity contribution in [1.82, 2.24) is 0 Å². The lowest BCUT2D eigenvalue weighted by molar-refractivity contribution is -0.357. The fourth-order valence-corrected chi connectivity index (χ4v) is 13.8. The highest BCUT2D eigenvalue weighted by molar-refractivity contribution is 6.74. The van der Waals surface area contributed by atoms with E-state index in [4.69, 9.17) is 42.0 Å². The summed E-state index contributed by atoms with van der Waals surface area (Å²) in [6.07, 6.45) is 6.71. The van der Waals surface area contributed by atoms with E-state index in [1.807, 2.05) is 52.8 Å². The molecule has 0 spiro atoms. The lowest BCUT2D eigenvalue weighted by Gasteiger charge is -2.55. The van der Waals surface area contributed by atoms with E-state index in [0.717, 1.165) is 29.3 Å². The number of methoxy groups -OCH3 is 3. The van der Waals surface area contributed by atoms with E-state index in [-0.39, 0.29) is 17.9 Å². The van der Waals surface area contributed by atoms with Crippen molar-refractivity contribution in [1.29, 1.82) is 0 Å². The maximum atomic E-state index is 14.6. The summed E-state index contributed by atoms with van der Waals surface area (Å²) in [5.74, 6) is -2.06. The van der Waals surface area contributed by atoms with Crippen LogP contribution >= 0.6 is 0 Å². The minimum atomic E-state index is -2.35. The highest BCUT2D eigenvalue weighted by Crippen LogP contribution is 2.50. The van der Waals surface area contributed by atoms with Crippen molar-refractivity contribution in [3.8, 4) is 0 Å². The van der Waals surface area contributed by atoms with Gasteiger partial charge in [-0.2, -0.15) is 0 Å². The molecular formula is C50H84O13Si2. The Morgan fingerprint density at radius 1 is 0.877 bits per heavy atom. The molecule has 2 saturated heterocycles. The average molecular weight is 949 g/mol. The molecule has 370 valence electrons. The number of fused-ring (bicyclic) bond motifs is 6. The van der Waals surface area contributed by atoms with Gasteiger partial charge in [-0.3, -0.25) is 4.79 Å². The Hall–Kier alpha value is -2.64. The van der Waals surface area contributed by atoms with Gasteiger partial charge in [0.05, 0.1) is 57.3 Å². The van der Waals surface area contributed by atoms with E-state index in [2.05, 4.69) is 54.6 Å². The number of hydrogen-bond donors (Lipinski definition) is 1. The largest absolute Gasteiger partial charge is 0.493 e. The maximum Gasteiger partial charge on any atom is 0.330 e. The van der Waals surface area contributed by atoms with Gasteiger partial charge < -0.3 is 47.1 Å². The summed E-state index contributed by atoms with van der Waals surface area (Å²) in [7, 11) is -0.345. The smallest absolute Gasteiger partial charge is 0.330 e. The van der Waals surface area contributed by atoms with E-state index in [0.29, 0.717) is 44.3 Å². The predicted molar refractivity (Wildman–Crippen MR) is 256 cm³/mol. The Kier molecular flexibility index (Phi) is 18.8. The summed E-state index contributed by atoms with van der Waals surface area (Å²) in [5, 5.41) is 11.9. The SMILES string of the molecule is CC[Si](CC)(CC)O[C@H]1CC(=O)O[C@@H]([C@@H](C)O[Si](C)(C)C(C)(C)C)C[C@@H]2C/C(=C\C(=O)OC)C=C(O2)C(C)(C)/C=C/[C@H]2C/C(=C\C(=O)OC)C[C@@H](C[C@]3(OC)O[C@H](C1)C[C@H](O)C3(C)C)O2. The molecule has 1 N–H and O–H groups in total. The predicted octanol–water partition coefficient (Wildman–Crippen LogP) is 9.79. The number of hydrogen-bond acceptors (Lipinski definition) is 13. The van der Waals surface area contributed by atoms with E-state index >= 15 is 0 Å². The third-order valence-corrected chi connectivity index (χ3v) is 24.4. The Balaban J connectivity index is 1.92. The van der Waals surface area contributed by atoms with Crippen LogP contribution in [0.3, 0.4) is 0 Å². The van der Waals surface area contributed by atoms with Crippen LogP contribution < -0.4 is 0 Å². The molecule has 0 amide bonds. The molecule has 13 nitrogen and oxygen atoms in total. The summed E-state index contributed by atoms with van der Waals surface area (Å²) in [5.41, 5.74) is -0.0283. The molecule has 4 rings (SSSR count). The molecule has 0 aliphatic carbocycles. The number of allylic oxidation sites excluding steroid dienone is 2. The van der Waals surface area contributed by atoms with Crippen molar-refractivity contribution in [2.24, 2.45) is 10.8 Å². The third-order valence-electron chi connectivity index (χ3n) is 15.1. The summed E-state index contributed by atoms with van der Waals surface area (Å²) in [4.78, 5) is 40.0. The summed E-state index contributed by atoms with van der Waals surface area (Å²) < 4.78 is 58.0. The molecule has 15 heteroatoms. The Bertz CT molecular complexity index is 1760. The Morgan fingerprint density at radius 2 is 1.51 bits per heavy atom.